The van der Waals surface area contributed by atoms with Gasteiger partial charge in [0.25, 0.3) is 11.6 Å². The zero-order valence-electron chi connectivity index (χ0n) is 16.8. The lowest BCUT2D eigenvalue weighted by Crippen LogP contribution is -2.22. The van der Waals surface area contributed by atoms with E-state index in [9.17, 15) is 28.1 Å². The number of aryl methyl sites for hydroxylation is 2. The number of carbonyl (C=O) groups is 2. The number of carbonyl (C=O) groups excluding carboxylic acids is 2. The molecule has 10 heteroatoms. The fraction of sp³-hybridized carbons (Fsp3) is 0.300. The fourth-order valence-electron chi connectivity index (χ4n) is 2.89. The summed E-state index contributed by atoms with van der Waals surface area (Å²) in [6, 6.07) is 8.57. The number of ether oxygens (including phenoxy) is 1. The third kappa shape index (κ3) is 5.41. The van der Waals surface area contributed by atoms with E-state index in [1.165, 1.54) is 0 Å². The molecule has 0 bridgehead atoms. The average molecular weight is 434 g/mol. The predicted octanol–water partition coefficient (Wildman–Crippen LogP) is 2.92. The van der Waals surface area contributed by atoms with Crippen LogP contribution in [0.1, 0.15) is 35.3 Å². The normalized spacial score (nSPS) is 11.0. The highest BCUT2D eigenvalue weighted by Crippen LogP contribution is 2.25. The lowest BCUT2D eigenvalue weighted by molar-refractivity contribution is -0.387. The van der Waals surface area contributed by atoms with E-state index in [0.29, 0.717) is 18.5 Å². The molecule has 1 amide bonds. The van der Waals surface area contributed by atoms with Gasteiger partial charge in [-0.15, -0.1) is 0 Å². The van der Waals surface area contributed by atoms with Crippen LogP contribution in [-0.2, 0) is 32.2 Å². The van der Waals surface area contributed by atoms with Gasteiger partial charge in [0, 0.05) is 18.0 Å². The van der Waals surface area contributed by atoms with Crippen molar-refractivity contribution < 1.29 is 27.7 Å². The smallest absolute Gasteiger partial charge is 0.338 e. The van der Waals surface area contributed by atoms with E-state index in [0.717, 1.165) is 35.6 Å². The van der Waals surface area contributed by atoms with Gasteiger partial charge in [0.15, 0.2) is 16.4 Å². The number of amides is 1. The van der Waals surface area contributed by atoms with E-state index in [1.807, 2.05) is 32.0 Å². The van der Waals surface area contributed by atoms with Gasteiger partial charge in [0.2, 0.25) is 0 Å². The van der Waals surface area contributed by atoms with Gasteiger partial charge in [-0.05, 0) is 36.1 Å². The summed E-state index contributed by atoms with van der Waals surface area (Å²) in [5.74, 6) is -1.53. The maximum absolute atomic E-state index is 12.3. The molecule has 0 aliphatic heterocycles. The molecule has 0 aromatic heterocycles. The van der Waals surface area contributed by atoms with Crippen molar-refractivity contribution >= 4 is 33.1 Å². The molecule has 160 valence electrons. The number of nitrogens with zero attached hydrogens (tertiary/aromatic N) is 1. The van der Waals surface area contributed by atoms with Crippen LogP contribution < -0.4 is 5.32 Å². The van der Waals surface area contributed by atoms with Gasteiger partial charge in [-0.1, -0.05) is 32.0 Å². The van der Waals surface area contributed by atoms with Crippen LogP contribution in [-0.4, -0.2) is 38.1 Å². The van der Waals surface area contributed by atoms with Gasteiger partial charge in [-0.25, -0.2) is 13.2 Å². The molecule has 0 saturated carbocycles. The molecule has 0 saturated heterocycles. The van der Waals surface area contributed by atoms with E-state index in [-0.39, 0.29) is 5.56 Å². The topological polar surface area (TPSA) is 133 Å². The Balaban J connectivity index is 2.14. The molecule has 0 spiro atoms. The summed E-state index contributed by atoms with van der Waals surface area (Å²) < 4.78 is 28.3. The molecule has 2 aromatic carbocycles. The van der Waals surface area contributed by atoms with Crippen molar-refractivity contribution in [2.45, 2.75) is 31.6 Å². The molecule has 1 N–H and O–H groups in total. The minimum Gasteiger partial charge on any atom is -0.452 e. The number of rotatable bonds is 8. The average Bonchev–Trinajstić information content (AvgIpc) is 2.70. The molecular weight excluding hydrogens is 412 g/mol. The Morgan fingerprint density at radius 3 is 2.20 bits per heavy atom. The molecule has 0 atom stereocenters. The largest absolute Gasteiger partial charge is 0.452 e. The van der Waals surface area contributed by atoms with E-state index < -0.39 is 43.8 Å². The number of sulfone groups is 1. The molecule has 0 aliphatic rings. The molecule has 0 unspecified atom stereocenters. The van der Waals surface area contributed by atoms with Crippen LogP contribution in [0.3, 0.4) is 0 Å². The summed E-state index contributed by atoms with van der Waals surface area (Å²) in [5.41, 5.74) is 1.60. The predicted molar refractivity (Wildman–Crippen MR) is 110 cm³/mol. The summed E-state index contributed by atoms with van der Waals surface area (Å²) in [5, 5.41) is 13.9. The lowest BCUT2D eigenvalue weighted by atomic mass is 10.0. The third-order valence-corrected chi connectivity index (χ3v) is 5.53. The Morgan fingerprint density at radius 2 is 1.70 bits per heavy atom. The summed E-state index contributed by atoms with van der Waals surface area (Å²) in [6.07, 6.45) is 2.25. The van der Waals surface area contributed by atoms with Crippen LogP contribution >= 0.6 is 0 Å². The van der Waals surface area contributed by atoms with Crippen LogP contribution in [0.5, 0.6) is 0 Å². The molecule has 0 fully saturated rings. The number of hydrogen-bond acceptors (Lipinski definition) is 7. The summed E-state index contributed by atoms with van der Waals surface area (Å²) in [6.45, 7) is 3.32. The standard InChI is InChI=1S/C20H22N2O7S/c1-4-13-7-6-8-14(5-2)19(13)21-18(23)12-29-20(24)15-9-10-17(30(3,27)28)16(11-15)22(25)26/h6-11H,4-5,12H2,1-3H3,(H,21,23). The van der Waals surface area contributed by atoms with Crippen molar-refractivity contribution in [3.63, 3.8) is 0 Å². The first-order valence-corrected chi connectivity index (χ1v) is 11.0. The van der Waals surface area contributed by atoms with Crippen LogP contribution in [0, 0.1) is 10.1 Å². The fourth-order valence-corrected chi connectivity index (χ4v) is 3.72. The first kappa shape index (κ1) is 23.0. The van der Waals surface area contributed by atoms with Crippen LogP contribution in [0.15, 0.2) is 41.3 Å². The Labute approximate surface area is 174 Å². The zero-order chi connectivity index (χ0) is 22.5. The number of benzene rings is 2. The number of nitro benzene ring substituents is 1. The molecule has 0 heterocycles. The monoisotopic (exact) mass is 434 g/mol. The molecule has 2 rings (SSSR count). The van der Waals surface area contributed by atoms with Gasteiger partial charge in [0.1, 0.15) is 4.90 Å². The zero-order valence-corrected chi connectivity index (χ0v) is 17.6. The Morgan fingerprint density at radius 1 is 1.10 bits per heavy atom. The first-order chi connectivity index (χ1) is 14.1. The van der Waals surface area contributed by atoms with E-state index in [2.05, 4.69) is 5.32 Å². The Hall–Kier alpha value is -3.27. The van der Waals surface area contributed by atoms with Gasteiger partial charge in [-0.2, -0.15) is 0 Å². The van der Waals surface area contributed by atoms with Crippen molar-refractivity contribution in [2.24, 2.45) is 0 Å². The minimum atomic E-state index is -3.85. The number of nitro groups is 1. The van der Waals surface area contributed by atoms with Crippen molar-refractivity contribution in [1.82, 2.24) is 0 Å². The summed E-state index contributed by atoms with van der Waals surface area (Å²) in [7, 11) is -3.85. The van der Waals surface area contributed by atoms with E-state index >= 15 is 0 Å². The molecular formula is C20H22N2O7S. The van der Waals surface area contributed by atoms with Gasteiger partial charge in [0.05, 0.1) is 10.5 Å². The Kier molecular flexibility index (Phi) is 7.28. The van der Waals surface area contributed by atoms with Gasteiger partial charge >= 0.3 is 5.97 Å². The first-order valence-electron chi connectivity index (χ1n) is 9.14. The van der Waals surface area contributed by atoms with Crippen LogP contribution in [0.2, 0.25) is 0 Å². The van der Waals surface area contributed by atoms with Gasteiger partial charge < -0.3 is 10.1 Å². The van der Waals surface area contributed by atoms with Crippen molar-refractivity contribution in [3.05, 3.63) is 63.2 Å². The second kappa shape index (κ2) is 9.49. The number of esters is 1. The highest BCUT2D eigenvalue weighted by molar-refractivity contribution is 7.90. The molecule has 0 aliphatic carbocycles. The molecule has 0 radical (unpaired) electrons. The number of para-hydroxylation sites is 1. The minimum absolute atomic E-state index is 0.231. The van der Waals surface area contributed by atoms with Crippen LogP contribution in [0.25, 0.3) is 0 Å². The number of nitrogens with one attached hydrogen (secondary N) is 1. The summed E-state index contributed by atoms with van der Waals surface area (Å²) >= 11 is 0. The van der Waals surface area contributed by atoms with E-state index in [4.69, 9.17) is 4.74 Å². The van der Waals surface area contributed by atoms with Crippen molar-refractivity contribution in [1.29, 1.82) is 0 Å². The maximum Gasteiger partial charge on any atom is 0.338 e. The summed E-state index contributed by atoms with van der Waals surface area (Å²) in [4.78, 5) is 34.2. The highest BCUT2D eigenvalue weighted by atomic mass is 32.2. The van der Waals surface area contributed by atoms with Gasteiger partial charge in [-0.3, -0.25) is 14.9 Å². The van der Waals surface area contributed by atoms with Crippen molar-refractivity contribution in [3.8, 4) is 0 Å². The number of hydrogen-bond donors (Lipinski definition) is 1. The third-order valence-electron chi connectivity index (χ3n) is 4.39. The SMILES string of the molecule is CCc1cccc(CC)c1NC(=O)COC(=O)c1ccc(S(C)(=O)=O)c([N+](=O)[O-])c1. The second-order valence-corrected chi connectivity index (χ2v) is 8.48. The van der Waals surface area contributed by atoms with Crippen molar-refractivity contribution in [2.75, 3.05) is 18.2 Å². The molecule has 9 nitrogen and oxygen atoms in total. The lowest BCUT2D eigenvalue weighted by Gasteiger charge is -2.14. The second-order valence-electron chi connectivity index (χ2n) is 6.49. The molecule has 30 heavy (non-hydrogen) atoms. The maximum atomic E-state index is 12.3. The number of anilines is 1. The van der Waals surface area contributed by atoms with E-state index in [1.54, 1.807) is 0 Å². The quantitative estimate of drug-likeness (QED) is 0.384. The van der Waals surface area contributed by atoms with Crippen LogP contribution in [0.4, 0.5) is 11.4 Å². The molecule has 2 aromatic rings. The highest BCUT2D eigenvalue weighted by Gasteiger charge is 2.24. The Bertz CT molecular complexity index is 1070.